The number of aliphatic hydroxyl groups is 6. The maximum absolute atomic E-state index is 16.2. The van der Waals surface area contributed by atoms with Gasteiger partial charge in [0, 0.05) is 34.7 Å². The second-order valence-electron chi connectivity index (χ2n) is 29.7. The molecular weight excluding hydrogens is 1550 g/mol. The van der Waals surface area contributed by atoms with Gasteiger partial charge in [-0.05, 0) is 147 Å². The molecule has 34 nitrogen and oxygen atoms in total. The van der Waals surface area contributed by atoms with Crippen LogP contribution >= 0.6 is 23.2 Å². The van der Waals surface area contributed by atoms with Gasteiger partial charge in [-0.15, -0.1) is 0 Å². The summed E-state index contributed by atoms with van der Waals surface area (Å²) in [7, 11) is 1.61. The van der Waals surface area contributed by atoms with E-state index in [-0.39, 0.29) is 46.2 Å². The van der Waals surface area contributed by atoms with Crippen molar-refractivity contribution in [2.75, 3.05) is 20.3 Å². The number of hydrogen-bond acceptors (Lipinski definition) is 26. The predicted octanol–water partition coefficient (Wildman–Crippen LogP) is 3.68. The maximum Gasteiger partial charge on any atom is 0.330 e. The number of phenols is 3. The number of hydrogen-bond donors (Lipinski definition) is 19. The average molecular weight is 1640 g/mol. The van der Waals surface area contributed by atoms with Crippen LogP contribution in [-0.2, 0) is 59.0 Å². The molecule has 618 valence electrons. The molecule has 7 aliphatic heterocycles. The van der Waals surface area contributed by atoms with Gasteiger partial charge in [0.1, 0.15) is 95.2 Å². The number of primary amides is 1. The van der Waals surface area contributed by atoms with E-state index in [2.05, 4.69) is 37.2 Å². The van der Waals surface area contributed by atoms with Crippen molar-refractivity contribution in [3.63, 3.8) is 0 Å². The third-order valence-electron chi connectivity index (χ3n) is 20.8. The fourth-order valence-electron chi connectivity index (χ4n) is 14.6. The molecule has 6 aromatic rings. The molecule has 0 spiro atoms. The van der Waals surface area contributed by atoms with Crippen LogP contribution in [0, 0.1) is 5.92 Å². The summed E-state index contributed by atoms with van der Waals surface area (Å²) in [5, 5.41) is 133. The highest BCUT2D eigenvalue weighted by molar-refractivity contribution is 6.32. The Morgan fingerprint density at radius 2 is 1.30 bits per heavy atom. The van der Waals surface area contributed by atoms with Crippen molar-refractivity contribution < 1.29 is 123 Å². The van der Waals surface area contributed by atoms with Crippen molar-refractivity contribution in [1.29, 1.82) is 0 Å². The molecule has 0 aromatic heterocycles. The Labute approximate surface area is 669 Å². The summed E-state index contributed by atoms with van der Waals surface area (Å²) in [6.07, 6.45) is -13.1. The number of aromatic hydroxyl groups is 3. The first kappa shape index (κ1) is 85.7. The lowest BCUT2D eigenvalue weighted by Crippen LogP contribution is -2.65. The number of methoxy groups -OCH3 is 1. The second kappa shape index (κ2) is 36.7. The van der Waals surface area contributed by atoms with Gasteiger partial charge in [-0.1, -0.05) is 86.6 Å². The van der Waals surface area contributed by atoms with Crippen LogP contribution in [0.2, 0.25) is 10.0 Å². The molecule has 21 N–H and O–H groups in total. The monoisotopic (exact) mass is 1640 g/mol. The van der Waals surface area contributed by atoms with Crippen LogP contribution in [0.5, 0.6) is 51.7 Å². The molecule has 2 fully saturated rings. The average Bonchev–Trinajstić information content (AvgIpc) is 0.763. The van der Waals surface area contributed by atoms with Crippen molar-refractivity contribution in [2.24, 2.45) is 17.4 Å². The summed E-state index contributed by atoms with van der Waals surface area (Å²) in [6.45, 7) is 6.36. The molecule has 0 radical (unpaired) electrons. The molecular formula is C79H93Cl2N9O25. The third kappa shape index (κ3) is 19.7. The van der Waals surface area contributed by atoms with Crippen LogP contribution in [0.4, 0.5) is 0 Å². The number of aryl methyl sites for hydroxylation is 1. The number of unbranched alkanes of at least 4 members (excludes halogenated alkanes) is 4. The molecule has 7 aliphatic rings. The van der Waals surface area contributed by atoms with Gasteiger partial charge in [-0.3, -0.25) is 33.6 Å². The van der Waals surface area contributed by atoms with Crippen LogP contribution in [0.1, 0.15) is 143 Å². The number of carbonyl (C=O) groups excluding carboxylic acids is 7. The Morgan fingerprint density at radius 3 is 1.92 bits per heavy atom. The number of carboxylic acids is 1. The normalized spacial score (nSPS) is 27.2. The summed E-state index contributed by atoms with van der Waals surface area (Å²) >= 11 is 14.2. The van der Waals surface area contributed by atoms with Crippen LogP contribution in [0.3, 0.4) is 0 Å². The minimum Gasteiger partial charge on any atom is -0.508 e. The molecule has 0 saturated carbocycles. The van der Waals surface area contributed by atoms with Crippen molar-refractivity contribution in [3.05, 3.63) is 147 Å². The zero-order chi connectivity index (χ0) is 83.2. The third-order valence-corrected chi connectivity index (χ3v) is 21.3. The van der Waals surface area contributed by atoms with Gasteiger partial charge in [0.25, 0.3) is 0 Å². The van der Waals surface area contributed by atoms with Crippen LogP contribution < -0.4 is 67.6 Å². The summed E-state index contributed by atoms with van der Waals surface area (Å²) in [5.41, 5.74) is 9.24. The lowest BCUT2D eigenvalue weighted by Gasteiger charge is -2.48. The highest BCUT2D eigenvalue weighted by Crippen LogP contribution is 2.50. The number of aliphatic hydroxyl groups excluding tert-OH is 6. The lowest BCUT2D eigenvalue weighted by atomic mass is 9.84. The molecule has 7 amide bonds. The quantitative estimate of drug-likeness (QED) is 0.0431. The van der Waals surface area contributed by atoms with Gasteiger partial charge in [0.2, 0.25) is 53.4 Å². The molecule has 36 heteroatoms. The van der Waals surface area contributed by atoms with Crippen LogP contribution in [0.25, 0.3) is 11.1 Å². The zero-order valence-corrected chi connectivity index (χ0v) is 64.5. The number of fused-ring (bicyclic) bond motifs is 15. The molecule has 0 unspecified atom stereocenters. The number of halogens is 2. The number of phenolic OH excluding ortho intramolecular Hbond substituents is 3. The number of aliphatic carboxylic acids is 1. The SMILES string of the molecule is COc1ccc(CCCCCCCN[C@@]2(C)C[C@H](O[C@H]3[C@H](Oc4c5cc6cc4Oc4ccc(cc4Cl)[C@@H](O)[C@@H](NC(=O)[C@H](N)CC(C)C)C(=O)N[C@@H](CC(N)=O)C(=O)N[C@H]6C(=O)N[C@H]4C(=O)N[C@H](C(=O)N[C@H](C(=O)O)c6cc(O)cc(O)c6-c6cc4ccc6O)[C@H](O)c4ccc(c(Cl)c4)O5)O[C@H](CO)[C@@H](O)[C@@H]3O)O[C@@H](C)[C@H]2O)cc1. The molecule has 2 saturated heterocycles. The fraction of sp³-hybridized carbons (Fsp3) is 0.443. The molecule has 0 aliphatic carbocycles. The summed E-state index contributed by atoms with van der Waals surface area (Å²) < 4.78 is 44.7. The Morgan fingerprint density at radius 1 is 0.678 bits per heavy atom. The van der Waals surface area contributed by atoms with Gasteiger partial charge in [-0.25, -0.2) is 4.79 Å². The number of carbonyl (C=O) groups is 8. The van der Waals surface area contributed by atoms with E-state index in [0.717, 1.165) is 111 Å². The number of nitrogens with two attached hydrogens (primary N) is 2. The first-order chi connectivity index (χ1) is 54.6. The number of nitrogens with one attached hydrogen (secondary N) is 7. The Hall–Kier alpha value is -10.2. The number of ether oxygens (including phenoxy) is 7. The molecule has 115 heavy (non-hydrogen) atoms. The highest BCUT2D eigenvalue weighted by atomic mass is 35.5. The molecule has 6 aromatic carbocycles. The van der Waals surface area contributed by atoms with Crippen LogP contribution in [-0.4, -0.2) is 198 Å². The Kier molecular flexibility index (Phi) is 27.4. The smallest absolute Gasteiger partial charge is 0.330 e. The standard InChI is InChI=1S/C79H93Cl2N9O25/c1-34(2)23-47(82)71(101)89-62-64(96)38-15-20-51(45(80)25-38)111-53-27-40-28-54(68(53)115-78-69(67(99)66(98)55(33-91)113-78)114-57-32-79(4,70(100)35(3)110-57)84-22-10-8-6-7-9-11-36-12-17-42(109-5)18-13-36)112-52-21-16-39(26-46(52)81)65(97)63-76(106)88-61(77(107)108)44-29-41(92)30-50(94)58(44)43-24-37(14-19-49(43)93)59(73(103)90-63)87-74(104)60(40)86-72(102)48(31-56(83)95)85-75(62)105/h12-21,24-30,34-35,47-48,55,57,59-67,69-70,78,84,91-94,96-100H,6-11,22-23,31-33,82H2,1-5H3,(H2,83,95)(H,85,105)(H,86,102)(H,87,104)(H,88,106)(H,89,101)(H,90,103)(H,107,108)/t35-,47+,48-,55+,57-,59+,60+,61-,62+,63-,64+,65+,66+,67-,69+,70+,78-,79-/m0/s1. The van der Waals surface area contributed by atoms with Crippen LogP contribution in [0.15, 0.2) is 103 Å². The van der Waals surface area contributed by atoms with Gasteiger partial charge in [0.15, 0.2) is 29.9 Å². The minimum absolute atomic E-state index is 0.0728. The number of benzene rings is 6. The number of carboxylic acid groups (broad SMARTS) is 1. The van der Waals surface area contributed by atoms with Crippen molar-refractivity contribution >= 4 is 70.5 Å². The largest absolute Gasteiger partial charge is 0.508 e. The summed E-state index contributed by atoms with van der Waals surface area (Å²) in [6, 6.07) is 6.92. The van der Waals surface area contributed by atoms with E-state index in [1.807, 2.05) is 24.3 Å². The van der Waals surface area contributed by atoms with E-state index in [1.54, 1.807) is 34.8 Å². The Bertz CT molecular complexity index is 4620. The molecule has 11 bridgehead atoms. The van der Waals surface area contributed by atoms with E-state index in [1.165, 1.54) is 17.7 Å². The lowest BCUT2D eigenvalue weighted by molar-refractivity contribution is -0.334. The maximum atomic E-state index is 16.2. The summed E-state index contributed by atoms with van der Waals surface area (Å²) in [5.74, 6) is -15.5. The zero-order valence-electron chi connectivity index (χ0n) is 63.0. The fourth-order valence-corrected chi connectivity index (χ4v) is 15.0. The molecule has 18 atom stereocenters. The highest BCUT2D eigenvalue weighted by Gasteiger charge is 2.52. The molecule has 13 rings (SSSR count). The van der Waals surface area contributed by atoms with E-state index < -0.39 is 237 Å². The van der Waals surface area contributed by atoms with E-state index >= 15 is 14.4 Å². The topological polar surface area (TPSA) is 540 Å². The first-order valence-electron chi connectivity index (χ1n) is 37.3. The van der Waals surface area contributed by atoms with Gasteiger partial charge < -0.3 is 133 Å². The van der Waals surface area contributed by atoms with E-state index in [4.69, 9.17) is 67.8 Å². The van der Waals surface area contributed by atoms with Gasteiger partial charge in [-0.2, -0.15) is 0 Å². The first-order valence-corrected chi connectivity index (χ1v) is 38.0. The second-order valence-corrected chi connectivity index (χ2v) is 30.5. The molecule has 7 heterocycles. The van der Waals surface area contributed by atoms with Gasteiger partial charge in [0.05, 0.1) is 48.4 Å². The number of rotatable bonds is 22. The Balaban J connectivity index is 1.06. The van der Waals surface area contributed by atoms with Gasteiger partial charge >= 0.3 is 5.97 Å². The number of amides is 7. The minimum atomic E-state index is -2.36. The predicted molar refractivity (Wildman–Crippen MR) is 408 cm³/mol. The van der Waals surface area contributed by atoms with E-state index in [9.17, 15) is 75.0 Å². The van der Waals surface area contributed by atoms with E-state index in [0.29, 0.717) is 6.54 Å². The van der Waals surface area contributed by atoms with Crippen molar-refractivity contribution in [2.45, 2.75) is 195 Å². The van der Waals surface area contributed by atoms with Crippen molar-refractivity contribution in [3.8, 4) is 62.9 Å². The van der Waals surface area contributed by atoms with Crippen molar-refractivity contribution in [1.82, 2.24) is 37.2 Å². The summed E-state index contributed by atoms with van der Waals surface area (Å²) in [4.78, 5) is 117.